The number of ketones is 1. The summed E-state index contributed by atoms with van der Waals surface area (Å²) in [4.78, 5) is 31.3. The van der Waals surface area contributed by atoms with E-state index in [0.29, 0.717) is 24.1 Å². The Hall–Kier alpha value is -4.28. The van der Waals surface area contributed by atoms with Crippen LogP contribution in [0.5, 0.6) is 0 Å². The number of hydrogen-bond donors (Lipinski definition) is 1. The summed E-state index contributed by atoms with van der Waals surface area (Å²) in [5.74, 6) is -1.79. The maximum atomic E-state index is 14.3. The van der Waals surface area contributed by atoms with Gasteiger partial charge in [0.15, 0.2) is 16.4 Å². The molecular weight excluding hydrogens is 456 g/mol. The lowest BCUT2D eigenvalue weighted by Crippen LogP contribution is -2.51. The van der Waals surface area contributed by atoms with Gasteiger partial charge < -0.3 is 5.73 Å². The van der Waals surface area contributed by atoms with Crippen molar-refractivity contribution in [3.63, 3.8) is 0 Å². The maximum absolute atomic E-state index is 14.3. The Morgan fingerprint density at radius 1 is 0.971 bits per heavy atom. The minimum absolute atomic E-state index is 0.0474. The summed E-state index contributed by atoms with van der Waals surface area (Å²) in [5.41, 5.74) is 7.01. The average Bonchev–Trinajstić information content (AvgIpc) is 3.30. The standard InChI is InChI=1S/C28H22N4O2S/c29-18-22-23(24(33)20-12-6-2-7-13-20)28(21-14-8-3-9-15-21)26(34)31(27(35)32(28)25(22)30)17-16-19-10-4-1-5-11-19/h1-15,23H,16-17,30H2. The van der Waals surface area contributed by atoms with Gasteiger partial charge in [0, 0.05) is 12.1 Å². The summed E-state index contributed by atoms with van der Waals surface area (Å²) in [7, 11) is 0. The summed E-state index contributed by atoms with van der Waals surface area (Å²) in [5, 5.41) is 10.3. The first-order chi connectivity index (χ1) is 17.0. The molecule has 2 heterocycles. The Morgan fingerprint density at radius 3 is 2.14 bits per heavy atom. The third-order valence-corrected chi connectivity index (χ3v) is 7.09. The van der Waals surface area contributed by atoms with E-state index in [4.69, 9.17) is 18.0 Å². The van der Waals surface area contributed by atoms with E-state index in [0.717, 1.165) is 5.56 Å². The van der Waals surface area contributed by atoms with Crippen LogP contribution in [0.4, 0.5) is 0 Å². The number of benzene rings is 3. The zero-order valence-electron chi connectivity index (χ0n) is 18.8. The number of Topliss-reactive ketones (excluding diaryl/α,β-unsaturated/α-hetero) is 1. The van der Waals surface area contributed by atoms with Crippen molar-refractivity contribution < 1.29 is 9.59 Å². The van der Waals surface area contributed by atoms with Crippen LogP contribution in [0, 0.1) is 17.2 Å². The minimum Gasteiger partial charge on any atom is -0.384 e. The number of carbonyl (C=O) groups excluding carboxylic acids is 2. The van der Waals surface area contributed by atoms with Crippen LogP contribution in [0.3, 0.4) is 0 Å². The van der Waals surface area contributed by atoms with Gasteiger partial charge in [0.1, 0.15) is 5.82 Å². The number of rotatable bonds is 6. The molecule has 7 heteroatoms. The highest BCUT2D eigenvalue weighted by Gasteiger charge is 2.68. The van der Waals surface area contributed by atoms with Crippen LogP contribution in [0.15, 0.2) is 102 Å². The first-order valence-corrected chi connectivity index (χ1v) is 11.7. The van der Waals surface area contributed by atoms with Gasteiger partial charge in [-0.15, -0.1) is 0 Å². The Morgan fingerprint density at radius 2 is 1.54 bits per heavy atom. The lowest BCUT2D eigenvalue weighted by Gasteiger charge is -2.35. The van der Waals surface area contributed by atoms with E-state index < -0.39 is 11.5 Å². The monoisotopic (exact) mass is 478 g/mol. The third-order valence-electron chi connectivity index (χ3n) is 6.69. The summed E-state index contributed by atoms with van der Waals surface area (Å²) in [6, 6.07) is 29.6. The van der Waals surface area contributed by atoms with Crippen molar-refractivity contribution in [3.8, 4) is 6.07 Å². The molecule has 6 nitrogen and oxygen atoms in total. The summed E-state index contributed by atoms with van der Waals surface area (Å²) in [6.45, 7) is 0.328. The largest absolute Gasteiger partial charge is 0.384 e. The van der Waals surface area contributed by atoms with Crippen molar-refractivity contribution in [3.05, 3.63) is 119 Å². The second-order valence-corrected chi connectivity index (χ2v) is 8.88. The highest BCUT2D eigenvalue weighted by molar-refractivity contribution is 7.80. The molecule has 1 fully saturated rings. The van der Waals surface area contributed by atoms with Crippen LogP contribution in [0.2, 0.25) is 0 Å². The molecule has 2 aliphatic rings. The van der Waals surface area contributed by atoms with Gasteiger partial charge >= 0.3 is 0 Å². The van der Waals surface area contributed by atoms with E-state index in [1.54, 1.807) is 54.6 Å². The van der Waals surface area contributed by atoms with E-state index in [1.807, 2.05) is 36.4 Å². The molecular formula is C28H22N4O2S. The van der Waals surface area contributed by atoms with Crippen molar-refractivity contribution in [2.75, 3.05) is 6.54 Å². The van der Waals surface area contributed by atoms with Gasteiger partial charge in [0.2, 0.25) is 0 Å². The second-order valence-electron chi connectivity index (χ2n) is 8.52. The fourth-order valence-corrected chi connectivity index (χ4v) is 5.51. The highest BCUT2D eigenvalue weighted by atomic mass is 32.1. The van der Waals surface area contributed by atoms with Gasteiger partial charge in [-0.2, -0.15) is 5.26 Å². The third kappa shape index (κ3) is 3.34. The minimum atomic E-state index is -1.56. The van der Waals surface area contributed by atoms with E-state index >= 15 is 0 Å². The molecule has 0 bridgehead atoms. The average molecular weight is 479 g/mol. The number of thiocarbonyl (C=S) groups is 1. The van der Waals surface area contributed by atoms with Gasteiger partial charge in [-0.1, -0.05) is 91.0 Å². The number of fused-ring (bicyclic) bond motifs is 1. The fraction of sp³-hybridized carbons (Fsp3) is 0.143. The molecule has 1 saturated heterocycles. The number of amides is 1. The van der Waals surface area contributed by atoms with Gasteiger partial charge in [-0.25, -0.2) is 0 Å². The molecule has 1 amide bonds. The first kappa shape index (κ1) is 22.5. The van der Waals surface area contributed by atoms with Crippen molar-refractivity contribution in [2.24, 2.45) is 11.7 Å². The van der Waals surface area contributed by atoms with Crippen LogP contribution in [-0.2, 0) is 16.8 Å². The molecule has 2 unspecified atom stereocenters. The maximum Gasteiger partial charge on any atom is 0.260 e. The van der Waals surface area contributed by atoms with Crippen LogP contribution >= 0.6 is 12.2 Å². The van der Waals surface area contributed by atoms with E-state index in [9.17, 15) is 14.9 Å². The molecule has 0 aromatic heterocycles. The van der Waals surface area contributed by atoms with E-state index in [-0.39, 0.29) is 28.2 Å². The fourth-order valence-electron chi connectivity index (χ4n) is 5.09. The predicted molar refractivity (Wildman–Crippen MR) is 136 cm³/mol. The number of hydrogen-bond acceptors (Lipinski definition) is 5. The lowest BCUT2D eigenvalue weighted by atomic mass is 9.72. The quantitative estimate of drug-likeness (QED) is 0.429. The molecule has 0 radical (unpaired) electrons. The molecule has 3 aromatic rings. The number of nitrogens with two attached hydrogens (primary N) is 1. The summed E-state index contributed by atoms with van der Waals surface area (Å²) < 4.78 is 0. The van der Waals surface area contributed by atoms with Crippen molar-refractivity contribution in [1.29, 1.82) is 5.26 Å². The number of nitrogens with zero attached hydrogens (tertiary/aromatic N) is 3. The van der Waals surface area contributed by atoms with Gasteiger partial charge in [-0.05, 0) is 29.8 Å². The molecule has 172 valence electrons. The Labute approximate surface area is 208 Å². The molecule has 2 N–H and O–H groups in total. The van der Waals surface area contributed by atoms with Crippen LogP contribution in [0.1, 0.15) is 21.5 Å². The first-order valence-electron chi connectivity index (χ1n) is 11.3. The van der Waals surface area contributed by atoms with E-state index in [1.165, 1.54) is 9.80 Å². The number of nitriles is 1. The molecule has 2 aliphatic heterocycles. The van der Waals surface area contributed by atoms with Gasteiger partial charge in [0.05, 0.1) is 17.6 Å². The molecule has 0 aliphatic carbocycles. The zero-order chi connectivity index (χ0) is 24.6. The smallest absolute Gasteiger partial charge is 0.260 e. The zero-order valence-corrected chi connectivity index (χ0v) is 19.6. The predicted octanol–water partition coefficient (Wildman–Crippen LogP) is 3.76. The highest BCUT2D eigenvalue weighted by Crippen LogP contribution is 2.53. The molecule has 3 aromatic carbocycles. The summed E-state index contributed by atoms with van der Waals surface area (Å²) >= 11 is 5.77. The van der Waals surface area contributed by atoms with Crippen LogP contribution in [-0.4, -0.2) is 33.1 Å². The molecule has 5 rings (SSSR count). The van der Waals surface area contributed by atoms with Crippen LogP contribution < -0.4 is 5.73 Å². The molecule has 0 spiro atoms. The number of carbonyl (C=O) groups is 2. The van der Waals surface area contributed by atoms with Gasteiger partial charge in [0.25, 0.3) is 5.91 Å². The van der Waals surface area contributed by atoms with Crippen molar-refractivity contribution in [2.45, 2.75) is 12.0 Å². The Balaban J connectivity index is 1.67. The van der Waals surface area contributed by atoms with E-state index in [2.05, 4.69) is 6.07 Å². The lowest BCUT2D eigenvalue weighted by molar-refractivity contribution is -0.134. The van der Waals surface area contributed by atoms with Crippen molar-refractivity contribution >= 4 is 29.0 Å². The van der Waals surface area contributed by atoms with Crippen LogP contribution in [0.25, 0.3) is 0 Å². The van der Waals surface area contributed by atoms with Gasteiger partial charge in [-0.3, -0.25) is 19.4 Å². The molecule has 0 saturated carbocycles. The molecule has 35 heavy (non-hydrogen) atoms. The summed E-state index contributed by atoms with van der Waals surface area (Å²) in [6.07, 6.45) is 0.581. The second kappa shape index (κ2) is 8.82. The molecule has 2 atom stereocenters. The SMILES string of the molecule is N#CC1=C(N)N2C(=S)N(CCc3ccccc3)C(=O)C2(c2ccccc2)C1C(=O)c1ccccc1. The Bertz CT molecular complexity index is 1380. The normalized spacial score (nSPS) is 21.3. The Kier molecular flexibility index (Phi) is 5.67. The topological polar surface area (TPSA) is 90.4 Å². The van der Waals surface area contributed by atoms with Crippen molar-refractivity contribution in [1.82, 2.24) is 9.80 Å².